The molecule has 1 aromatic rings. The monoisotopic (exact) mass is 221 g/mol. The number of nitrogens with one attached hydrogen (secondary N) is 1. The van der Waals surface area contributed by atoms with E-state index in [9.17, 15) is 4.79 Å². The zero-order valence-corrected chi connectivity index (χ0v) is 9.27. The van der Waals surface area contributed by atoms with Crippen LogP contribution in [-0.2, 0) is 0 Å². The van der Waals surface area contributed by atoms with Crippen LogP contribution in [0.3, 0.4) is 0 Å². The highest BCUT2D eigenvalue weighted by Gasteiger charge is 2.07. The molecule has 78 valence electrons. The van der Waals surface area contributed by atoms with E-state index in [-0.39, 0.29) is 5.91 Å². The van der Waals surface area contributed by atoms with Crippen LogP contribution >= 0.6 is 11.6 Å². The standard InChI is InChI=1S/C12H12ClNO/c1-2-3-6-9-14-12(15)10-7-4-5-8-11(10)13/h4-5,7-8H,6,9H2,1H3,(H,14,15). The van der Waals surface area contributed by atoms with Crippen molar-refractivity contribution in [1.82, 2.24) is 5.32 Å². The normalized spacial score (nSPS) is 8.93. The second kappa shape index (κ2) is 6.10. The summed E-state index contributed by atoms with van der Waals surface area (Å²) >= 11 is 5.87. The zero-order chi connectivity index (χ0) is 11.1. The molecule has 0 radical (unpaired) electrons. The molecule has 2 nitrogen and oxygen atoms in total. The Kier molecular flexibility index (Phi) is 4.73. The van der Waals surface area contributed by atoms with Crippen molar-refractivity contribution in [1.29, 1.82) is 0 Å². The fourth-order valence-corrected chi connectivity index (χ4v) is 1.33. The molecule has 0 bridgehead atoms. The molecule has 0 aliphatic heterocycles. The van der Waals surface area contributed by atoms with E-state index in [0.717, 1.165) is 0 Å². The largest absolute Gasteiger partial charge is 0.351 e. The Morgan fingerprint density at radius 2 is 2.20 bits per heavy atom. The predicted octanol–water partition coefficient (Wildman–Crippen LogP) is 2.48. The lowest BCUT2D eigenvalue weighted by Crippen LogP contribution is -2.24. The van der Waals surface area contributed by atoms with E-state index in [0.29, 0.717) is 23.6 Å². The molecule has 0 heterocycles. The van der Waals surface area contributed by atoms with E-state index in [1.54, 1.807) is 31.2 Å². The van der Waals surface area contributed by atoms with Crippen molar-refractivity contribution in [2.24, 2.45) is 0 Å². The van der Waals surface area contributed by atoms with Crippen LogP contribution in [0.25, 0.3) is 0 Å². The molecule has 1 aromatic carbocycles. The average molecular weight is 222 g/mol. The number of hydrogen-bond donors (Lipinski definition) is 1. The van der Waals surface area contributed by atoms with Gasteiger partial charge in [-0.05, 0) is 19.1 Å². The number of benzene rings is 1. The fraction of sp³-hybridized carbons (Fsp3) is 0.250. The Bertz CT molecular complexity index is 404. The molecule has 0 aliphatic rings. The molecule has 0 aliphatic carbocycles. The van der Waals surface area contributed by atoms with Crippen molar-refractivity contribution >= 4 is 17.5 Å². The van der Waals surface area contributed by atoms with Crippen LogP contribution in [0.2, 0.25) is 5.02 Å². The van der Waals surface area contributed by atoms with Gasteiger partial charge in [-0.25, -0.2) is 0 Å². The van der Waals surface area contributed by atoms with E-state index in [2.05, 4.69) is 17.2 Å². The smallest absolute Gasteiger partial charge is 0.252 e. The maximum absolute atomic E-state index is 11.6. The van der Waals surface area contributed by atoms with Gasteiger partial charge in [0.15, 0.2) is 0 Å². The second-order valence-corrected chi connectivity index (χ2v) is 3.32. The van der Waals surface area contributed by atoms with Crippen LogP contribution in [0.4, 0.5) is 0 Å². The molecule has 0 unspecified atom stereocenters. The summed E-state index contributed by atoms with van der Waals surface area (Å²) in [5.74, 6) is 5.48. The molecule has 3 heteroatoms. The minimum atomic E-state index is -0.154. The van der Waals surface area contributed by atoms with Gasteiger partial charge in [-0.2, -0.15) is 0 Å². The summed E-state index contributed by atoms with van der Waals surface area (Å²) in [5.41, 5.74) is 0.503. The number of carbonyl (C=O) groups excluding carboxylic acids is 1. The molecule has 0 aromatic heterocycles. The van der Waals surface area contributed by atoms with Gasteiger partial charge in [-0.3, -0.25) is 4.79 Å². The number of amides is 1. The summed E-state index contributed by atoms with van der Waals surface area (Å²) in [6.07, 6.45) is 0.659. The van der Waals surface area contributed by atoms with E-state index >= 15 is 0 Å². The van der Waals surface area contributed by atoms with Crippen LogP contribution in [0, 0.1) is 11.8 Å². The molecular formula is C12H12ClNO. The first kappa shape index (κ1) is 11.6. The molecule has 15 heavy (non-hydrogen) atoms. The van der Waals surface area contributed by atoms with Crippen molar-refractivity contribution in [3.05, 3.63) is 34.9 Å². The Balaban J connectivity index is 2.53. The van der Waals surface area contributed by atoms with Gasteiger partial charge < -0.3 is 5.32 Å². The van der Waals surface area contributed by atoms with Gasteiger partial charge >= 0.3 is 0 Å². The van der Waals surface area contributed by atoms with Crippen molar-refractivity contribution in [3.8, 4) is 11.8 Å². The highest BCUT2D eigenvalue weighted by Crippen LogP contribution is 2.14. The predicted molar refractivity (Wildman–Crippen MR) is 61.9 cm³/mol. The number of hydrogen-bond acceptors (Lipinski definition) is 1. The van der Waals surface area contributed by atoms with E-state index in [1.807, 2.05) is 0 Å². The summed E-state index contributed by atoms with van der Waals surface area (Å²) in [5, 5.41) is 3.22. The van der Waals surface area contributed by atoms with Gasteiger partial charge in [0.05, 0.1) is 10.6 Å². The lowest BCUT2D eigenvalue weighted by atomic mass is 10.2. The number of rotatable bonds is 3. The SMILES string of the molecule is CC#CCCNC(=O)c1ccccc1Cl. The average Bonchev–Trinajstić information content (AvgIpc) is 2.25. The Hall–Kier alpha value is -1.46. The summed E-state index contributed by atoms with van der Waals surface area (Å²) in [4.78, 5) is 11.6. The number of carbonyl (C=O) groups is 1. The first-order valence-electron chi connectivity index (χ1n) is 4.68. The van der Waals surface area contributed by atoms with Crippen molar-refractivity contribution in [2.45, 2.75) is 13.3 Å². The minimum Gasteiger partial charge on any atom is -0.351 e. The second-order valence-electron chi connectivity index (χ2n) is 2.91. The first-order chi connectivity index (χ1) is 7.25. The Morgan fingerprint density at radius 1 is 1.47 bits per heavy atom. The topological polar surface area (TPSA) is 29.1 Å². The quantitative estimate of drug-likeness (QED) is 0.617. The Morgan fingerprint density at radius 3 is 2.87 bits per heavy atom. The number of halogens is 1. The van der Waals surface area contributed by atoms with Crippen LogP contribution in [0.5, 0.6) is 0 Å². The molecule has 1 rings (SSSR count). The van der Waals surface area contributed by atoms with Crippen LogP contribution in [-0.4, -0.2) is 12.5 Å². The van der Waals surface area contributed by atoms with Crippen LogP contribution < -0.4 is 5.32 Å². The van der Waals surface area contributed by atoms with Gasteiger partial charge in [0.2, 0.25) is 0 Å². The summed E-state index contributed by atoms with van der Waals surface area (Å²) in [6, 6.07) is 6.97. The molecule has 0 saturated carbocycles. The molecule has 0 fully saturated rings. The lowest BCUT2D eigenvalue weighted by molar-refractivity contribution is 0.0954. The van der Waals surface area contributed by atoms with Crippen LogP contribution in [0.1, 0.15) is 23.7 Å². The van der Waals surface area contributed by atoms with E-state index in [4.69, 9.17) is 11.6 Å². The summed E-state index contributed by atoms with van der Waals surface area (Å²) in [7, 11) is 0. The van der Waals surface area contributed by atoms with Gasteiger partial charge in [0.1, 0.15) is 0 Å². The molecule has 1 amide bonds. The van der Waals surface area contributed by atoms with Gasteiger partial charge in [-0.15, -0.1) is 11.8 Å². The molecular weight excluding hydrogens is 210 g/mol. The van der Waals surface area contributed by atoms with Crippen molar-refractivity contribution in [2.75, 3.05) is 6.54 Å². The Labute approximate surface area is 94.6 Å². The first-order valence-corrected chi connectivity index (χ1v) is 5.06. The maximum Gasteiger partial charge on any atom is 0.252 e. The van der Waals surface area contributed by atoms with Crippen LogP contribution in [0.15, 0.2) is 24.3 Å². The minimum absolute atomic E-state index is 0.154. The van der Waals surface area contributed by atoms with Crippen molar-refractivity contribution < 1.29 is 4.79 Å². The molecule has 0 atom stereocenters. The van der Waals surface area contributed by atoms with E-state index in [1.165, 1.54) is 0 Å². The fourth-order valence-electron chi connectivity index (χ4n) is 1.10. The third-order valence-electron chi connectivity index (χ3n) is 1.83. The third kappa shape index (κ3) is 3.65. The summed E-state index contributed by atoms with van der Waals surface area (Å²) < 4.78 is 0. The third-order valence-corrected chi connectivity index (χ3v) is 2.16. The molecule has 0 spiro atoms. The highest BCUT2D eigenvalue weighted by atomic mass is 35.5. The molecule has 1 N–H and O–H groups in total. The maximum atomic E-state index is 11.6. The van der Waals surface area contributed by atoms with E-state index < -0.39 is 0 Å². The molecule has 0 saturated heterocycles. The van der Waals surface area contributed by atoms with Gasteiger partial charge in [-0.1, -0.05) is 23.7 Å². The summed E-state index contributed by atoms with van der Waals surface area (Å²) in [6.45, 7) is 2.32. The highest BCUT2D eigenvalue weighted by molar-refractivity contribution is 6.33. The lowest BCUT2D eigenvalue weighted by Gasteiger charge is -2.04. The zero-order valence-electron chi connectivity index (χ0n) is 8.51. The van der Waals surface area contributed by atoms with Gasteiger partial charge in [0, 0.05) is 13.0 Å². The van der Waals surface area contributed by atoms with Gasteiger partial charge in [0.25, 0.3) is 5.91 Å². The van der Waals surface area contributed by atoms with Crippen molar-refractivity contribution in [3.63, 3.8) is 0 Å².